The van der Waals surface area contributed by atoms with Gasteiger partial charge in [-0.15, -0.1) is 0 Å². The highest BCUT2D eigenvalue weighted by Gasteiger charge is 2.21. The lowest BCUT2D eigenvalue weighted by Crippen LogP contribution is -2.44. The summed E-state index contributed by atoms with van der Waals surface area (Å²) in [4.78, 5) is 18.9. The van der Waals surface area contributed by atoms with E-state index in [-0.39, 0.29) is 12.5 Å². The maximum absolute atomic E-state index is 12.1. The summed E-state index contributed by atoms with van der Waals surface area (Å²) < 4.78 is 11.1. The van der Waals surface area contributed by atoms with Gasteiger partial charge in [-0.3, -0.25) is 4.79 Å². The van der Waals surface area contributed by atoms with Crippen molar-refractivity contribution < 1.29 is 14.3 Å². The predicted octanol–water partition coefficient (Wildman–Crippen LogP) is 1.31. The Morgan fingerprint density at radius 2 is 1.64 bits per heavy atom. The lowest BCUT2D eigenvalue weighted by Gasteiger charge is -2.32. The lowest BCUT2D eigenvalue weighted by molar-refractivity contribution is -0.138. The molecule has 0 aliphatic carbocycles. The standard InChI is InChI=1S/C19H37N3O3/c1-3-18-5-8-22(9-6-18)19(23)17-25-16-15-24-14-4-7-21-12-10-20(2)11-13-21/h18H,3-17H2,1-2H3. The average molecular weight is 356 g/mol. The number of hydrogen-bond donors (Lipinski definition) is 0. The van der Waals surface area contributed by atoms with Gasteiger partial charge in [0.05, 0.1) is 13.2 Å². The van der Waals surface area contributed by atoms with E-state index in [1.54, 1.807) is 0 Å². The number of carbonyl (C=O) groups is 1. The highest BCUT2D eigenvalue weighted by Crippen LogP contribution is 2.19. The summed E-state index contributed by atoms with van der Waals surface area (Å²) in [5, 5.41) is 0. The van der Waals surface area contributed by atoms with Gasteiger partial charge in [0, 0.05) is 52.4 Å². The van der Waals surface area contributed by atoms with Crippen LogP contribution in [0.15, 0.2) is 0 Å². The summed E-state index contributed by atoms with van der Waals surface area (Å²) in [6.07, 6.45) is 4.57. The number of ether oxygens (including phenoxy) is 2. The third-order valence-corrected chi connectivity index (χ3v) is 5.50. The Labute approximate surface area is 153 Å². The van der Waals surface area contributed by atoms with Crippen LogP contribution in [0.5, 0.6) is 0 Å². The van der Waals surface area contributed by atoms with Crippen LogP contribution in [0.25, 0.3) is 0 Å². The summed E-state index contributed by atoms with van der Waals surface area (Å²) in [5.41, 5.74) is 0. The minimum Gasteiger partial charge on any atom is -0.379 e. The molecule has 0 aromatic carbocycles. The molecule has 2 heterocycles. The summed E-state index contributed by atoms with van der Waals surface area (Å²) in [6, 6.07) is 0. The molecule has 0 radical (unpaired) electrons. The van der Waals surface area contributed by atoms with E-state index in [2.05, 4.69) is 23.8 Å². The Hall–Kier alpha value is -0.690. The number of likely N-dealkylation sites (tertiary alicyclic amines) is 1. The molecular weight excluding hydrogens is 318 g/mol. The largest absolute Gasteiger partial charge is 0.379 e. The Morgan fingerprint density at radius 3 is 2.32 bits per heavy atom. The van der Waals surface area contributed by atoms with Crippen LogP contribution in [-0.2, 0) is 14.3 Å². The van der Waals surface area contributed by atoms with E-state index >= 15 is 0 Å². The topological polar surface area (TPSA) is 45.3 Å². The molecule has 146 valence electrons. The molecule has 0 N–H and O–H groups in total. The third kappa shape index (κ3) is 8.03. The van der Waals surface area contributed by atoms with E-state index < -0.39 is 0 Å². The average Bonchev–Trinajstić information content (AvgIpc) is 2.65. The van der Waals surface area contributed by atoms with Crippen LogP contribution in [0, 0.1) is 5.92 Å². The van der Waals surface area contributed by atoms with Gasteiger partial charge in [-0.05, 0) is 32.2 Å². The number of hydrogen-bond acceptors (Lipinski definition) is 5. The van der Waals surface area contributed by atoms with Crippen LogP contribution < -0.4 is 0 Å². The second-order valence-electron chi connectivity index (χ2n) is 7.40. The first-order chi connectivity index (χ1) is 12.2. The van der Waals surface area contributed by atoms with Crippen molar-refractivity contribution in [2.75, 3.05) is 79.3 Å². The van der Waals surface area contributed by atoms with Crippen molar-refractivity contribution in [2.45, 2.75) is 32.6 Å². The van der Waals surface area contributed by atoms with Gasteiger partial charge in [-0.25, -0.2) is 0 Å². The maximum Gasteiger partial charge on any atom is 0.248 e. The number of amides is 1. The zero-order chi connectivity index (χ0) is 17.9. The SMILES string of the molecule is CCC1CCN(C(=O)COCCOCCCN2CCN(C)CC2)CC1. The molecular formula is C19H37N3O3. The fourth-order valence-corrected chi connectivity index (χ4v) is 3.52. The number of piperazine rings is 1. The molecule has 2 fully saturated rings. The van der Waals surface area contributed by atoms with Gasteiger partial charge in [-0.2, -0.15) is 0 Å². The molecule has 0 aromatic rings. The second-order valence-corrected chi connectivity index (χ2v) is 7.40. The molecule has 6 heteroatoms. The molecule has 0 atom stereocenters. The van der Waals surface area contributed by atoms with E-state index in [1.165, 1.54) is 19.5 Å². The van der Waals surface area contributed by atoms with Crippen molar-refractivity contribution in [3.8, 4) is 0 Å². The number of likely N-dealkylation sites (N-methyl/N-ethyl adjacent to an activating group) is 1. The van der Waals surface area contributed by atoms with E-state index in [0.717, 1.165) is 64.5 Å². The Kier molecular flexibility index (Phi) is 9.76. The summed E-state index contributed by atoms with van der Waals surface area (Å²) in [7, 11) is 2.18. The van der Waals surface area contributed by atoms with Crippen LogP contribution >= 0.6 is 0 Å². The van der Waals surface area contributed by atoms with E-state index in [1.807, 2.05) is 4.90 Å². The summed E-state index contributed by atoms with van der Waals surface area (Å²) in [6.45, 7) is 11.8. The van der Waals surface area contributed by atoms with Gasteiger partial charge in [0.15, 0.2) is 0 Å². The van der Waals surface area contributed by atoms with Crippen molar-refractivity contribution in [3.63, 3.8) is 0 Å². The summed E-state index contributed by atoms with van der Waals surface area (Å²) >= 11 is 0. The third-order valence-electron chi connectivity index (χ3n) is 5.50. The van der Waals surface area contributed by atoms with Crippen molar-refractivity contribution in [1.82, 2.24) is 14.7 Å². The predicted molar refractivity (Wildman–Crippen MR) is 99.8 cm³/mol. The van der Waals surface area contributed by atoms with Crippen LogP contribution in [0.4, 0.5) is 0 Å². The molecule has 2 rings (SSSR count). The smallest absolute Gasteiger partial charge is 0.248 e. The van der Waals surface area contributed by atoms with Gasteiger partial charge in [-0.1, -0.05) is 13.3 Å². The van der Waals surface area contributed by atoms with Crippen molar-refractivity contribution in [2.24, 2.45) is 5.92 Å². The monoisotopic (exact) mass is 355 g/mol. The molecule has 2 aliphatic heterocycles. The molecule has 0 bridgehead atoms. The van der Waals surface area contributed by atoms with Crippen LogP contribution in [0.3, 0.4) is 0 Å². The number of carbonyl (C=O) groups excluding carboxylic acids is 1. The lowest BCUT2D eigenvalue weighted by atomic mass is 9.94. The minimum atomic E-state index is 0.129. The first-order valence-electron chi connectivity index (χ1n) is 10.0. The number of nitrogens with zero attached hydrogens (tertiary/aromatic N) is 3. The molecule has 0 aromatic heterocycles. The van der Waals surface area contributed by atoms with Gasteiger partial charge in [0.1, 0.15) is 6.61 Å². The molecule has 0 spiro atoms. The summed E-state index contributed by atoms with van der Waals surface area (Å²) in [5.74, 6) is 0.925. The molecule has 2 saturated heterocycles. The highest BCUT2D eigenvalue weighted by molar-refractivity contribution is 5.77. The first kappa shape index (κ1) is 20.6. The van der Waals surface area contributed by atoms with Gasteiger partial charge < -0.3 is 24.2 Å². The van der Waals surface area contributed by atoms with Gasteiger partial charge in [0.25, 0.3) is 0 Å². The molecule has 0 saturated carbocycles. The van der Waals surface area contributed by atoms with Gasteiger partial charge in [0.2, 0.25) is 5.91 Å². The molecule has 1 amide bonds. The Balaban J connectivity index is 1.39. The van der Waals surface area contributed by atoms with E-state index in [4.69, 9.17) is 9.47 Å². The fourth-order valence-electron chi connectivity index (χ4n) is 3.52. The van der Waals surface area contributed by atoms with Gasteiger partial charge >= 0.3 is 0 Å². The van der Waals surface area contributed by atoms with Crippen LogP contribution in [0.1, 0.15) is 32.6 Å². The number of rotatable bonds is 10. The minimum absolute atomic E-state index is 0.129. The zero-order valence-corrected chi connectivity index (χ0v) is 16.3. The Bertz CT molecular complexity index is 365. The maximum atomic E-state index is 12.1. The van der Waals surface area contributed by atoms with Crippen LogP contribution in [-0.4, -0.2) is 99.9 Å². The van der Waals surface area contributed by atoms with Crippen molar-refractivity contribution >= 4 is 5.91 Å². The van der Waals surface area contributed by atoms with E-state index in [0.29, 0.717) is 13.2 Å². The van der Waals surface area contributed by atoms with Crippen molar-refractivity contribution in [1.29, 1.82) is 0 Å². The molecule has 25 heavy (non-hydrogen) atoms. The van der Waals surface area contributed by atoms with Crippen molar-refractivity contribution in [3.05, 3.63) is 0 Å². The highest BCUT2D eigenvalue weighted by atomic mass is 16.5. The quantitative estimate of drug-likeness (QED) is 0.553. The number of piperidine rings is 1. The fraction of sp³-hybridized carbons (Fsp3) is 0.947. The molecule has 0 unspecified atom stereocenters. The molecule has 6 nitrogen and oxygen atoms in total. The normalized spacial score (nSPS) is 21.0. The second kappa shape index (κ2) is 11.8. The molecule has 2 aliphatic rings. The van der Waals surface area contributed by atoms with Crippen LogP contribution in [0.2, 0.25) is 0 Å². The first-order valence-corrected chi connectivity index (χ1v) is 10.0. The zero-order valence-electron chi connectivity index (χ0n) is 16.3. The Morgan fingerprint density at radius 1 is 0.960 bits per heavy atom. The van der Waals surface area contributed by atoms with E-state index in [9.17, 15) is 4.79 Å².